The highest BCUT2D eigenvalue weighted by atomic mass is 16.7. The molecular weight excluding hydrogens is 204 g/mol. The van der Waals surface area contributed by atoms with Crippen LogP contribution in [0.1, 0.15) is 13.8 Å². The minimum absolute atomic E-state index is 0.483. The van der Waals surface area contributed by atoms with E-state index in [-0.39, 0.29) is 0 Å². The molecule has 0 aliphatic carbocycles. The first-order chi connectivity index (χ1) is 6.84. The van der Waals surface area contributed by atoms with Gasteiger partial charge in [-0.1, -0.05) is 13.8 Å². The Morgan fingerprint density at radius 3 is 2.13 bits per heavy atom. The summed E-state index contributed by atoms with van der Waals surface area (Å²) >= 11 is 0. The monoisotopic (exact) mass is 222 g/mol. The number of hydrogen-bond donors (Lipinski definition) is 5. The minimum atomic E-state index is -1.95. The smallest absolute Gasteiger partial charge is 0.197 e. The molecule has 0 aromatic carbocycles. The normalized spacial score (nSPS) is 47.2. The second-order valence-electron chi connectivity index (χ2n) is 4.17. The summed E-state index contributed by atoms with van der Waals surface area (Å²) in [4.78, 5) is 0. The van der Waals surface area contributed by atoms with Gasteiger partial charge in [0.05, 0.1) is 6.61 Å². The third-order valence-electron chi connectivity index (χ3n) is 2.83. The van der Waals surface area contributed by atoms with Crippen molar-refractivity contribution in [3.8, 4) is 0 Å². The number of aliphatic hydroxyl groups excluding tert-OH is 4. The summed E-state index contributed by atoms with van der Waals surface area (Å²) in [5.41, 5.74) is 0. The van der Waals surface area contributed by atoms with E-state index in [9.17, 15) is 20.4 Å². The van der Waals surface area contributed by atoms with Crippen molar-refractivity contribution in [3.05, 3.63) is 0 Å². The van der Waals surface area contributed by atoms with Crippen molar-refractivity contribution >= 4 is 0 Å². The fourth-order valence-electron chi connectivity index (χ4n) is 1.66. The van der Waals surface area contributed by atoms with Gasteiger partial charge in [0.25, 0.3) is 0 Å². The molecule has 15 heavy (non-hydrogen) atoms. The maximum absolute atomic E-state index is 9.95. The van der Waals surface area contributed by atoms with E-state index in [1.54, 1.807) is 13.8 Å². The lowest BCUT2D eigenvalue weighted by atomic mass is 9.86. The zero-order valence-electron chi connectivity index (χ0n) is 8.74. The van der Waals surface area contributed by atoms with Crippen LogP contribution >= 0.6 is 0 Å². The van der Waals surface area contributed by atoms with Gasteiger partial charge in [-0.25, -0.2) is 0 Å². The first kappa shape index (κ1) is 12.8. The molecule has 0 aromatic heterocycles. The molecule has 0 radical (unpaired) electrons. The molecule has 1 fully saturated rings. The quantitative estimate of drug-likeness (QED) is 0.363. The Hall–Kier alpha value is -0.240. The lowest BCUT2D eigenvalue weighted by Crippen LogP contribution is -2.67. The van der Waals surface area contributed by atoms with Gasteiger partial charge in [-0.3, -0.25) is 0 Å². The first-order valence-electron chi connectivity index (χ1n) is 4.89. The van der Waals surface area contributed by atoms with Gasteiger partial charge in [-0.15, -0.1) is 0 Å². The third-order valence-corrected chi connectivity index (χ3v) is 2.83. The average molecular weight is 222 g/mol. The average Bonchev–Trinajstić information content (AvgIpc) is 2.20. The highest BCUT2D eigenvalue weighted by Crippen LogP contribution is 2.33. The molecule has 6 nitrogen and oxygen atoms in total. The fraction of sp³-hybridized carbons (Fsp3) is 1.00. The molecule has 5 N–H and O–H groups in total. The van der Waals surface area contributed by atoms with Crippen molar-refractivity contribution in [2.45, 2.75) is 44.1 Å². The van der Waals surface area contributed by atoms with Crippen molar-refractivity contribution < 1.29 is 30.3 Å². The Morgan fingerprint density at radius 1 is 1.20 bits per heavy atom. The largest absolute Gasteiger partial charge is 0.394 e. The molecule has 1 aliphatic heterocycles. The van der Waals surface area contributed by atoms with Gasteiger partial charge >= 0.3 is 0 Å². The summed E-state index contributed by atoms with van der Waals surface area (Å²) in [6, 6.07) is 0. The number of aliphatic hydroxyl groups is 5. The van der Waals surface area contributed by atoms with Gasteiger partial charge in [-0.2, -0.15) is 0 Å². The summed E-state index contributed by atoms with van der Waals surface area (Å²) in [6.45, 7) is 2.66. The van der Waals surface area contributed by atoms with E-state index in [0.717, 1.165) is 0 Å². The second-order valence-corrected chi connectivity index (χ2v) is 4.17. The minimum Gasteiger partial charge on any atom is -0.394 e. The van der Waals surface area contributed by atoms with Crippen molar-refractivity contribution in [1.82, 2.24) is 0 Å². The molecule has 0 saturated carbocycles. The zero-order valence-corrected chi connectivity index (χ0v) is 8.74. The van der Waals surface area contributed by atoms with E-state index in [1.165, 1.54) is 0 Å². The molecule has 0 bridgehead atoms. The van der Waals surface area contributed by atoms with Crippen LogP contribution in [0.3, 0.4) is 0 Å². The molecule has 1 rings (SSSR count). The van der Waals surface area contributed by atoms with Gasteiger partial charge in [0.15, 0.2) is 5.79 Å². The highest BCUT2D eigenvalue weighted by molar-refractivity contribution is 4.97. The van der Waals surface area contributed by atoms with Gasteiger partial charge < -0.3 is 30.3 Å². The van der Waals surface area contributed by atoms with Crippen LogP contribution in [-0.2, 0) is 4.74 Å². The predicted octanol–water partition coefficient (Wildman–Crippen LogP) is -2.20. The fourth-order valence-corrected chi connectivity index (χ4v) is 1.66. The topological polar surface area (TPSA) is 110 Å². The first-order valence-corrected chi connectivity index (χ1v) is 4.89. The second kappa shape index (κ2) is 4.32. The van der Waals surface area contributed by atoms with Crippen molar-refractivity contribution in [3.63, 3.8) is 0 Å². The predicted molar refractivity (Wildman–Crippen MR) is 49.8 cm³/mol. The Morgan fingerprint density at radius 2 is 1.73 bits per heavy atom. The SMILES string of the molecule is CC(C)[C@]1(O)O[C@H](CO)[C@@H](O)[C@H](O)[C@H]1O. The molecule has 5 atom stereocenters. The Balaban J connectivity index is 2.92. The molecule has 0 amide bonds. The number of rotatable bonds is 2. The maximum Gasteiger partial charge on any atom is 0.197 e. The Labute approximate surface area is 87.7 Å². The molecule has 6 heteroatoms. The molecule has 1 heterocycles. The molecular formula is C9H18O6. The van der Waals surface area contributed by atoms with Gasteiger partial charge in [0.2, 0.25) is 0 Å². The lowest BCUT2D eigenvalue weighted by molar-refractivity contribution is -0.364. The summed E-state index contributed by atoms with van der Waals surface area (Å²) in [5, 5.41) is 47.3. The van der Waals surface area contributed by atoms with E-state index in [2.05, 4.69) is 0 Å². The van der Waals surface area contributed by atoms with Crippen LogP contribution in [0, 0.1) is 5.92 Å². The lowest BCUT2D eigenvalue weighted by Gasteiger charge is -2.47. The molecule has 0 spiro atoms. The van der Waals surface area contributed by atoms with E-state index in [0.29, 0.717) is 0 Å². The van der Waals surface area contributed by atoms with E-state index >= 15 is 0 Å². The molecule has 0 unspecified atom stereocenters. The number of hydrogen-bond acceptors (Lipinski definition) is 6. The molecule has 90 valence electrons. The van der Waals surface area contributed by atoms with E-state index < -0.39 is 42.7 Å². The molecule has 1 saturated heterocycles. The summed E-state index contributed by atoms with van der Waals surface area (Å²) in [5.74, 6) is -2.44. The van der Waals surface area contributed by atoms with Crippen LogP contribution < -0.4 is 0 Å². The maximum atomic E-state index is 9.95. The van der Waals surface area contributed by atoms with E-state index in [4.69, 9.17) is 9.84 Å². The number of ether oxygens (including phenoxy) is 1. The Bertz CT molecular complexity index is 219. The summed E-state index contributed by atoms with van der Waals surface area (Å²) in [6.07, 6.45) is -5.65. The van der Waals surface area contributed by atoms with Gasteiger partial charge in [0.1, 0.15) is 24.4 Å². The third kappa shape index (κ3) is 2.01. The zero-order chi connectivity index (χ0) is 11.8. The van der Waals surface area contributed by atoms with Crippen molar-refractivity contribution in [2.24, 2.45) is 5.92 Å². The van der Waals surface area contributed by atoms with Crippen LogP contribution in [0.4, 0.5) is 0 Å². The van der Waals surface area contributed by atoms with Crippen LogP contribution in [0.5, 0.6) is 0 Å². The van der Waals surface area contributed by atoms with Crippen LogP contribution in [0.2, 0.25) is 0 Å². The highest BCUT2D eigenvalue weighted by Gasteiger charge is 2.53. The van der Waals surface area contributed by atoms with Gasteiger partial charge in [0, 0.05) is 5.92 Å². The summed E-state index contributed by atoms with van der Waals surface area (Å²) in [7, 11) is 0. The summed E-state index contributed by atoms with van der Waals surface area (Å²) < 4.78 is 5.03. The van der Waals surface area contributed by atoms with Crippen LogP contribution in [0.15, 0.2) is 0 Å². The van der Waals surface area contributed by atoms with Crippen molar-refractivity contribution in [2.75, 3.05) is 6.61 Å². The van der Waals surface area contributed by atoms with Crippen LogP contribution in [-0.4, -0.2) is 62.3 Å². The van der Waals surface area contributed by atoms with E-state index in [1.807, 2.05) is 0 Å². The standard InChI is InChI=1S/C9H18O6/c1-4(2)9(14)8(13)7(12)6(11)5(3-10)15-9/h4-8,10-14H,3H2,1-2H3/t5-,6-,7+,8-,9+/m1/s1. The van der Waals surface area contributed by atoms with Gasteiger partial charge in [-0.05, 0) is 0 Å². The molecule has 0 aromatic rings. The van der Waals surface area contributed by atoms with Crippen molar-refractivity contribution in [1.29, 1.82) is 0 Å². The molecule has 1 aliphatic rings. The Kier molecular flexibility index (Phi) is 3.70. The van der Waals surface area contributed by atoms with Crippen LogP contribution in [0.25, 0.3) is 0 Å².